The molecule has 0 spiro atoms. The summed E-state index contributed by atoms with van der Waals surface area (Å²) in [7, 11) is -3.85. The fourth-order valence-corrected chi connectivity index (χ4v) is 1.44. The van der Waals surface area contributed by atoms with E-state index in [9.17, 15) is 13.2 Å². The Morgan fingerprint density at radius 2 is 1.87 bits per heavy atom. The van der Waals surface area contributed by atoms with Gasteiger partial charge in [0.25, 0.3) is 16.1 Å². The molecule has 0 radical (unpaired) electrons. The minimum absolute atomic E-state index is 0.556. The smallest absolute Gasteiger partial charge is 0.210 e. The van der Waals surface area contributed by atoms with Crippen LogP contribution in [0.15, 0.2) is 34.1 Å². The summed E-state index contributed by atoms with van der Waals surface area (Å²) in [6.45, 7) is 0. The van der Waals surface area contributed by atoms with Crippen molar-refractivity contribution in [3.05, 3.63) is 40.3 Å². The van der Waals surface area contributed by atoms with Crippen molar-refractivity contribution in [3.63, 3.8) is 0 Å². The van der Waals surface area contributed by atoms with Gasteiger partial charge in [0.05, 0.1) is 5.41 Å². The number of sulfonamides is 1. The second kappa shape index (κ2) is 4.89. The lowest BCUT2D eigenvalue weighted by Gasteiger charge is -1.92. The van der Waals surface area contributed by atoms with Gasteiger partial charge >= 0.3 is 0 Å². The summed E-state index contributed by atoms with van der Waals surface area (Å²) in [5.74, 6) is 0. The number of rotatable bonds is 3. The molecule has 0 aliphatic heterocycles. The van der Waals surface area contributed by atoms with Crippen LogP contribution in [0.4, 0.5) is 0 Å². The van der Waals surface area contributed by atoms with Crippen molar-refractivity contribution in [1.82, 2.24) is 0 Å². The molecule has 1 aromatic rings. The van der Waals surface area contributed by atoms with Gasteiger partial charge in [-0.25, -0.2) is 4.79 Å². The van der Waals surface area contributed by atoms with Gasteiger partial charge in [-0.3, -0.25) is 0 Å². The lowest BCUT2D eigenvalue weighted by Crippen LogP contribution is -1.87. The van der Waals surface area contributed by atoms with Crippen LogP contribution >= 0.6 is 11.6 Å². The molecule has 0 atom stereocenters. The third kappa shape index (κ3) is 4.08. The Labute approximate surface area is 92.0 Å². The lowest BCUT2D eigenvalue weighted by molar-refractivity contribution is 0.564. The molecule has 0 aliphatic rings. The Bertz CT molecular complexity index is 513. The Kier molecular flexibility index (Phi) is 3.80. The number of hydrogen-bond donors (Lipinski definition) is 0. The van der Waals surface area contributed by atoms with Gasteiger partial charge in [0.1, 0.15) is 0 Å². The van der Waals surface area contributed by atoms with Gasteiger partial charge in [-0.05, 0) is 23.8 Å². The van der Waals surface area contributed by atoms with Crippen LogP contribution in [-0.4, -0.2) is 14.5 Å². The molecule has 6 heteroatoms. The van der Waals surface area contributed by atoms with E-state index in [-0.39, 0.29) is 0 Å². The molecular weight excluding hydrogens is 238 g/mol. The average Bonchev–Trinajstić information content (AvgIpc) is 2.17. The first-order valence-corrected chi connectivity index (χ1v) is 5.69. The van der Waals surface area contributed by atoms with Crippen LogP contribution in [0.1, 0.15) is 5.56 Å². The summed E-state index contributed by atoms with van der Waals surface area (Å²) in [6.07, 6.45) is 2.28. The van der Waals surface area contributed by atoms with E-state index in [1.165, 1.54) is 6.08 Å². The van der Waals surface area contributed by atoms with Crippen LogP contribution in [0.2, 0.25) is 5.02 Å². The molecule has 15 heavy (non-hydrogen) atoms. The van der Waals surface area contributed by atoms with Crippen LogP contribution in [0, 0.1) is 0 Å². The highest BCUT2D eigenvalue weighted by molar-refractivity contribution is 7.93. The van der Waals surface area contributed by atoms with Crippen molar-refractivity contribution in [3.8, 4) is 0 Å². The first-order chi connectivity index (χ1) is 7.03. The number of isocyanates is 1. The Hall–Kier alpha value is -1.42. The standard InChI is InChI=1S/C9H6ClNO3S/c10-9-3-1-8(2-4-9)5-6-15(13,14)11-7-12/h1-6H/b6-5+. The number of nitrogens with zero attached hydrogens (tertiary/aromatic N) is 1. The van der Waals surface area contributed by atoms with Crippen molar-refractivity contribution in [2.45, 2.75) is 0 Å². The zero-order chi connectivity index (χ0) is 11.3. The molecule has 0 aromatic heterocycles. The van der Waals surface area contributed by atoms with E-state index in [4.69, 9.17) is 11.6 Å². The third-order valence-corrected chi connectivity index (χ3v) is 2.53. The molecular formula is C9H6ClNO3S. The van der Waals surface area contributed by atoms with E-state index in [1.807, 2.05) is 0 Å². The van der Waals surface area contributed by atoms with Gasteiger partial charge in [0.15, 0.2) is 0 Å². The predicted molar refractivity (Wildman–Crippen MR) is 57.5 cm³/mol. The summed E-state index contributed by atoms with van der Waals surface area (Å²) in [5, 5.41) is 1.38. The highest BCUT2D eigenvalue weighted by Crippen LogP contribution is 2.11. The summed E-state index contributed by atoms with van der Waals surface area (Å²) < 4.78 is 24.5. The number of halogens is 1. The van der Waals surface area contributed by atoms with Crippen LogP contribution in [0.3, 0.4) is 0 Å². The maximum absolute atomic E-state index is 10.9. The van der Waals surface area contributed by atoms with Gasteiger partial charge in [-0.1, -0.05) is 28.1 Å². The van der Waals surface area contributed by atoms with Crippen molar-refractivity contribution >= 4 is 33.8 Å². The normalized spacial score (nSPS) is 11.3. The van der Waals surface area contributed by atoms with E-state index in [0.29, 0.717) is 10.6 Å². The highest BCUT2D eigenvalue weighted by Gasteiger charge is 2.00. The van der Waals surface area contributed by atoms with Gasteiger partial charge in [0, 0.05) is 5.02 Å². The van der Waals surface area contributed by atoms with Crippen LogP contribution in [0.25, 0.3) is 6.08 Å². The fraction of sp³-hybridized carbons (Fsp3) is 0. The van der Waals surface area contributed by atoms with Gasteiger partial charge < -0.3 is 0 Å². The Morgan fingerprint density at radius 1 is 1.27 bits per heavy atom. The zero-order valence-corrected chi connectivity index (χ0v) is 8.99. The molecule has 1 rings (SSSR count). The van der Waals surface area contributed by atoms with Crippen molar-refractivity contribution < 1.29 is 13.2 Å². The molecule has 0 N–H and O–H groups in total. The second-order valence-corrected chi connectivity index (χ2v) is 4.47. The van der Waals surface area contributed by atoms with E-state index < -0.39 is 10.0 Å². The summed E-state index contributed by atoms with van der Waals surface area (Å²) in [6, 6.07) is 6.52. The molecule has 4 nitrogen and oxygen atoms in total. The molecule has 78 valence electrons. The van der Waals surface area contributed by atoms with E-state index in [1.54, 1.807) is 24.3 Å². The van der Waals surface area contributed by atoms with Crippen molar-refractivity contribution in [2.24, 2.45) is 4.40 Å². The topological polar surface area (TPSA) is 63.6 Å². The first-order valence-electron chi connectivity index (χ1n) is 3.81. The fourth-order valence-electron chi connectivity index (χ4n) is 0.821. The SMILES string of the molecule is O=C=NS(=O)(=O)/C=C/c1ccc(Cl)cc1. The third-order valence-electron chi connectivity index (χ3n) is 1.47. The highest BCUT2D eigenvalue weighted by atomic mass is 35.5. The average molecular weight is 244 g/mol. The molecule has 0 fully saturated rings. The van der Waals surface area contributed by atoms with E-state index >= 15 is 0 Å². The molecule has 0 aliphatic carbocycles. The van der Waals surface area contributed by atoms with Crippen LogP contribution in [0.5, 0.6) is 0 Å². The Morgan fingerprint density at radius 3 is 2.40 bits per heavy atom. The quantitative estimate of drug-likeness (QED) is 0.602. The largest absolute Gasteiger partial charge is 0.285 e. The number of benzene rings is 1. The van der Waals surface area contributed by atoms with Gasteiger partial charge in [0.2, 0.25) is 0 Å². The minimum atomic E-state index is -3.85. The monoisotopic (exact) mass is 243 g/mol. The minimum Gasteiger partial charge on any atom is -0.210 e. The number of carbonyl (C=O) groups excluding carboxylic acids is 1. The first kappa shape index (κ1) is 11.7. The molecule has 0 heterocycles. The van der Waals surface area contributed by atoms with Gasteiger partial charge in [-0.15, -0.1) is 0 Å². The van der Waals surface area contributed by atoms with E-state index in [0.717, 1.165) is 11.5 Å². The molecule has 0 amide bonds. The molecule has 0 bridgehead atoms. The molecule has 1 aromatic carbocycles. The summed E-state index contributed by atoms with van der Waals surface area (Å²) >= 11 is 5.64. The summed E-state index contributed by atoms with van der Waals surface area (Å²) in [4.78, 5) is 9.75. The van der Waals surface area contributed by atoms with E-state index in [2.05, 4.69) is 4.40 Å². The van der Waals surface area contributed by atoms with Crippen LogP contribution in [-0.2, 0) is 14.8 Å². The zero-order valence-electron chi connectivity index (χ0n) is 7.42. The maximum Gasteiger partial charge on any atom is 0.285 e. The maximum atomic E-state index is 10.9. The van der Waals surface area contributed by atoms with Crippen molar-refractivity contribution in [2.75, 3.05) is 0 Å². The van der Waals surface area contributed by atoms with Crippen LogP contribution < -0.4 is 0 Å². The predicted octanol–water partition coefficient (Wildman–Crippen LogP) is 1.98. The van der Waals surface area contributed by atoms with Crippen molar-refractivity contribution in [1.29, 1.82) is 0 Å². The lowest BCUT2D eigenvalue weighted by atomic mass is 10.2. The number of hydrogen-bond acceptors (Lipinski definition) is 3. The van der Waals surface area contributed by atoms with Gasteiger partial charge in [-0.2, -0.15) is 8.42 Å². The molecule has 0 saturated carbocycles. The molecule has 0 saturated heterocycles. The molecule has 0 unspecified atom stereocenters. The Balaban J connectivity index is 2.92. The summed E-state index contributed by atoms with van der Waals surface area (Å²) in [5.41, 5.74) is 0.643. The second-order valence-electron chi connectivity index (χ2n) is 2.55.